The van der Waals surface area contributed by atoms with E-state index in [1.165, 1.54) is 12.4 Å². The summed E-state index contributed by atoms with van der Waals surface area (Å²) < 4.78 is 27.6. The Hall–Kier alpha value is -1.82. The van der Waals surface area contributed by atoms with Gasteiger partial charge in [-0.15, -0.1) is 0 Å². The van der Waals surface area contributed by atoms with Crippen molar-refractivity contribution in [1.82, 2.24) is 14.8 Å². The van der Waals surface area contributed by atoms with E-state index in [1.54, 1.807) is 4.68 Å². The number of halogens is 2. The van der Waals surface area contributed by atoms with Gasteiger partial charge in [-0.3, -0.25) is 0 Å². The summed E-state index contributed by atoms with van der Waals surface area (Å²) in [5.41, 5.74) is 0.548. The maximum atomic E-state index is 13.1. The third-order valence-corrected chi connectivity index (χ3v) is 3.01. The van der Waals surface area contributed by atoms with Crippen LogP contribution in [-0.4, -0.2) is 26.0 Å². The SMILES string of the molecule is CC(C)n1ncnc1CC(O)Cc1ccc(F)c(F)c1. The molecule has 1 aromatic carbocycles. The first-order chi connectivity index (χ1) is 9.47. The topological polar surface area (TPSA) is 50.9 Å². The molecule has 1 aromatic heterocycles. The number of aliphatic hydroxyl groups is 1. The summed E-state index contributed by atoms with van der Waals surface area (Å²) in [5, 5.41) is 14.1. The highest BCUT2D eigenvalue weighted by molar-refractivity contribution is 5.18. The molecule has 0 aliphatic heterocycles. The highest BCUT2D eigenvalue weighted by atomic mass is 19.2. The molecule has 0 radical (unpaired) electrons. The van der Waals surface area contributed by atoms with Crippen LogP contribution >= 0.6 is 0 Å². The van der Waals surface area contributed by atoms with Crippen molar-refractivity contribution >= 4 is 0 Å². The van der Waals surface area contributed by atoms with E-state index in [9.17, 15) is 13.9 Å². The second kappa shape index (κ2) is 6.09. The molecule has 0 bridgehead atoms. The van der Waals surface area contributed by atoms with E-state index in [0.29, 0.717) is 17.8 Å². The molecule has 20 heavy (non-hydrogen) atoms. The summed E-state index contributed by atoms with van der Waals surface area (Å²) in [7, 11) is 0. The van der Waals surface area contributed by atoms with Crippen molar-refractivity contribution < 1.29 is 13.9 Å². The van der Waals surface area contributed by atoms with Crippen molar-refractivity contribution in [3.05, 3.63) is 47.5 Å². The Bertz CT molecular complexity index is 584. The molecule has 0 aliphatic carbocycles. The standard InChI is InChI=1S/C14H17F2N3O/c1-9(2)19-14(17-8-18-19)7-11(20)5-10-3-4-12(15)13(16)6-10/h3-4,6,8-9,11,20H,5,7H2,1-2H3. The smallest absolute Gasteiger partial charge is 0.159 e. The van der Waals surface area contributed by atoms with Crippen molar-refractivity contribution in [3.63, 3.8) is 0 Å². The highest BCUT2D eigenvalue weighted by Crippen LogP contribution is 2.13. The van der Waals surface area contributed by atoms with Gasteiger partial charge in [0.2, 0.25) is 0 Å². The largest absolute Gasteiger partial charge is 0.392 e. The van der Waals surface area contributed by atoms with Gasteiger partial charge in [-0.25, -0.2) is 18.4 Å². The van der Waals surface area contributed by atoms with Gasteiger partial charge in [-0.05, 0) is 38.0 Å². The Morgan fingerprint density at radius 2 is 1.95 bits per heavy atom. The zero-order valence-corrected chi connectivity index (χ0v) is 11.4. The lowest BCUT2D eigenvalue weighted by Gasteiger charge is -2.13. The molecule has 2 rings (SSSR count). The molecule has 1 heterocycles. The van der Waals surface area contributed by atoms with Gasteiger partial charge in [0, 0.05) is 12.5 Å². The average Bonchev–Trinajstić information content (AvgIpc) is 2.82. The molecular weight excluding hydrogens is 264 g/mol. The van der Waals surface area contributed by atoms with Crippen LogP contribution in [0.4, 0.5) is 8.78 Å². The second-order valence-corrected chi connectivity index (χ2v) is 5.03. The first kappa shape index (κ1) is 14.6. The summed E-state index contributed by atoms with van der Waals surface area (Å²) in [6.07, 6.45) is 1.28. The van der Waals surface area contributed by atoms with E-state index >= 15 is 0 Å². The summed E-state index contributed by atoms with van der Waals surface area (Å²) in [5.74, 6) is -1.11. The number of aromatic nitrogens is 3. The average molecular weight is 281 g/mol. The summed E-state index contributed by atoms with van der Waals surface area (Å²) in [6.45, 7) is 3.94. The molecular formula is C14H17F2N3O. The molecule has 0 aliphatic rings. The summed E-state index contributed by atoms with van der Waals surface area (Å²) in [6, 6.07) is 3.79. The monoisotopic (exact) mass is 281 g/mol. The molecule has 108 valence electrons. The first-order valence-electron chi connectivity index (χ1n) is 6.47. The lowest BCUT2D eigenvalue weighted by Crippen LogP contribution is -2.19. The Morgan fingerprint density at radius 3 is 2.60 bits per heavy atom. The lowest BCUT2D eigenvalue weighted by atomic mass is 10.1. The first-order valence-corrected chi connectivity index (χ1v) is 6.47. The van der Waals surface area contributed by atoms with E-state index in [0.717, 1.165) is 12.1 Å². The quantitative estimate of drug-likeness (QED) is 0.914. The Balaban J connectivity index is 2.03. The van der Waals surface area contributed by atoms with Crippen molar-refractivity contribution in [3.8, 4) is 0 Å². The molecule has 0 spiro atoms. The van der Waals surface area contributed by atoms with Crippen molar-refractivity contribution in [2.24, 2.45) is 0 Å². The highest BCUT2D eigenvalue weighted by Gasteiger charge is 2.14. The van der Waals surface area contributed by atoms with Crippen LogP contribution in [-0.2, 0) is 12.8 Å². The molecule has 0 saturated carbocycles. The van der Waals surface area contributed by atoms with Crippen molar-refractivity contribution in [2.75, 3.05) is 0 Å². The summed E-state index contributed by atoms with van der Waals surface area (Å²) >= 11 is 0. The summed E-state index contributed by atoms with van der Waals surface area (Å²) in [4.78, 5) is 4.11. The van der Waals surface area contributed by atoms with E-state index in [-0.39, 0.29) is 12.5 Å². The van der Waals surface area contributed by atoms with Crippen LogP contribution in [0.3, 0.4) is 0 Å². The number of aliphatic hydroxyl groups excluding tert-OH is 1. The number of hydrogen-bond donors (Lipinski definition) is 1. The van der Waals surface area contributed by atoms with Crippen LogP contribution in [0.5, 0.6) is 0 Å². The molecule has 0 amide bonds. The van der Waals surface area contributed by atoms with Crippen LogP contribution < -0.4 is 0 Å². The minimum Gasteiger partial charge on any atom is -0.392 e. The minimum absolute atomic E-state index is 0.156. The molecule has 6 heteroatoms. The van der Waals surface area contributed by atoms with Gasteiger partial charge in [-0.2, -0.15) is 5.10 Å². The van der Waals surface area contributed by atoms with Gasteiger partial charge in [0.15, 0.2) is 11.6 Å². The van der Waals surface area contributed by atoms with Crippen molar-refractivity contribution in [1.29, 1.82) is 0 Å². The van der Waals surface area contributed by atoms with Crippen molar-refractivity contribution in [2.45, 2.75) is 38.8 Å². The van der Waals surface area contributed by atoms with Gasteiger partial charge < -0.3 is 5.11 Å². The molecule has 1 atom stereocenters. The Labute approximate surface area is 116 Å². The van der Waals surface area contributed by atoms with Crippen LogP contribution in [0.25, 0.3) is 0 Å². The molecule has 4 nitrogen and oxygen atoms in total. The number of nitrogens with zero attached hydrogens (tertiary/aromatic N) is 3. The number of hydrogen-bond acceptors (Lipinski definition) is 3. The maximum absolute atomic E-state index is 13.1. The van der Waals surface area contributed by atoms with E-state index in [2.05, 4.69) is 10.1 Å². The van der Waals surface area contributed by atoms with Gasteiger partial charge in [0.1, 0.15) is 12.2 Å². The van der Waals surface area contributed by atoms with Gasteiger partial charge in [0.05, 0.1) is 6.10 Å². The minimum atomic E-state index is -0.903. The molecule has 1 N–H and O–H groups in total. The van der Waals surface area contributed by atoms with Crippen LogP contribution in [0.1, 0.15) is 31.3 Å². The predicted octanol–water partition coefficient (Wildman–Crippen LogP) is 2.28. The molecule has 2 aromatic rings. The lowest BCUT2D eigenvalue weighted by molar-refractivity contribution is 0.170. The third-order valence-electron chi connectivity index (χ3n) is 3.01. The van der Waals surface area contributed by atoms with Gasteiger partial charge >= 0.3 is 0 Å². The maximum Gasteiger partial charge on any atom is 0.159 e. The zero-order valence-electron chi connectivity index (χ0n) is 11.4. The number of benzene rings is 1. The zero-order chi connectivity index (χ0) is 14.7. The predicted molar refractivity (Wildman–Crippen MR) is 70.2 cm³/mol. The Morgan fingerprint density at radius 1 is 1.20 bits per heavy atom. The van der Waals surface area contributed by atoms with Crippen LogP contribution in [0, 0.1) is 11.6 Å². The van der Waals surface area contributed by atoms with Crippen LogP contribution in [0.2, 0.25) is 0 Å². The van der Waals surface area contributed by atoms with E-state index < -0.39 is 17.7 Å². The molecule has 0 saturated heterocycles. The Kier molecular flexibility index (Phi) is 4.44. The fourth-order valence-electron chi connectivity index (χ4n) is 2.07. The second-order valence-electron chi connectivity index (χ2n) is 5.03. The van der Waals surface area contributed by atoms with Crippen LogP contribution in [0.15, 0.2) is 24.5 Å². The third kappa shape index (κ3) is 3.39. The number of rotatable bonds is 5. The molecule has 0 fully saturated rings. The van der Waals surface area contributed by atoms with Gasteiger partial charge in [-0.1, -0.05) is 6.07 Å². The fraction of sp³-hybridized carbons (Fsp3) is 0.429. The fourth-order valence-corrected chi connectivity index (χ4v) is 2.07. The normalized spacial score (nSPS) is 12.9. The van der Waals surface area contributed by atoms with Gasteiger partial charge in [0.25, 0.3) is 0 Å². The van der Waals surface area contributed by atoms with E-state index in [1.807, 2.05) is 13.8 Å². The van der Waals surface area contributed by atoms with E-state index in [4.69, 9.17) is 0 Å². The molecule has 1 unspecified atom stereocenters.